The van der Waals surface area contributed by atoms with Gasteiger partial charge in [0.05, 0.1) is 11.6 Å². The van der Waals surface area contributed by atoms with E-state index < -0.39 is 0 Å². The minimum Gasteiger partial charge on any atom is -0.379 e. The molecule has 5 heteroatoms. The van der Waals surface area contributed by atoms with Crippen molar-refractivity contribution in [3.05, 3.63) is 34.3 Å². The van der Waals surface area contributed by atoms with Gasteiger partial charge < -0.3 is 5.73 Å². The number of hydrogen-bond donors (Lipinski definition) is 2. The van der Waals surface area contributed by atoms with Gasteiger partial charge in [-0.05, 0) is 17.7 Å². The average molecular weight is 226 g/mol. The average Bonchev–Trinajstić information content (AvgIpc) is 2.15. The fraction of sp³-hybridized carbons (Fsp3) is 0.111. The van der Waals surface area contributed by atoms with Gasteiger partial charge >= 0.3 is 0 Å². The molecule has 0 aliphatic rings. The van der Waals surface area contributed by atoms with Crippen molar-refractivity contribution >= 4 is 28.5 Å². The molecule has 0 unspecified atom stereocenters. The monoisotopic (exact) mass is 225 g/mol. The normalized spacial score (nSPS) is 9.43. The van der Waals surface area contributed by atoms with E-state index in [2.05, 4.69) is 0 Å². The SMILES string of the molecule is N#Cc1ccc(CSC(=N)N)c(Cl)c1. The lowest BCUT2D eigenvalue weighted by atomic mass is 10.2. The molecule has 3 N–H and O–H groups in total. The smallest absolute Gasteiger partial charge is 0.151 e. The molecular weight excluding hydrogens is 218 g/mol. The maximum absolute atomic E-state index is 8.60. The third-order valence-corrected chi connectivity index (χ3v) is 2.68. The van der Waals surface area contributed by atoms with E-state index in [9.17, 15) is 0 Å². The summed E-state index contributed by atoms with van der Waals surface area (Å²) in [5.74, 6) is 0.555. The van der Waals surface area contributed by atoms with Crippen LogP contribution in [0.3, 0.4) is 0 Å². The van der Waals surface area contributed by atoms with Crippen LogP contribution in [0.2, 0.25) is 5.02 Å². The number of nitrogens with one attached hydrogen (secondary N) is 1. The van der Waals surface area contributed by atoms with Crippen molar-refractivity contribution in [1.82, 2.24) is 0 Å². The predicted molar refractivity (Wildman–Crippen MR) is 59.4 cm³/mol. The lowest BCUT2D eigenvalue weighted by Gasteiger charge is -2.02. The van der Waals surface area contributed by atoms with E-state index in [4.69, 9.17) is 28.0 Å². The van der Waals surface area contributed by atoms with Gasteiger partial charge in [0, 0.05) is 10.8 Å². The highest BCUT2D eigenvalue weighted by Crippen LogP contribution is 2.22. The zero-order valence-electron chi connectivity index (χ0n) is 7.25. The van der Waals surface area contributed by atoms with Gasteiger partial charge in [-0.15, -0.1) is 0 Å². The molecule has 0 amide bonds. The molecule has 0 heterocycles. The molecule has 72 valence electrons. The van der Waals surface area contributed by atoms with Gasteiger partial charge in [-0.1, -0.05) is 29.4 Å². The number of nitrogens with two attached hydrogens (primary N) is 1. The molecule has 0 fully saturated rings. The maximum Gasteiger partial charge on any atom is 0.151 e. The number of rotatable bonds is 2. The van der Waals surface area contributed by atoms with Crippen LogP contribution in [0.15, 0.2) is 18.2 Å². The highest BCUT2D eigenvalue weighted by molar-refractivity contribution is 8.13. The van der Waals surface area contributed by atoms with Gasteiger partial charge in [-0.2, -0.15) is 5.26 Å². The van der Waals surface area contributed by atoms with Crippen molar-refractivity contribution in [1.29, 1.82) is 10.7 Å². The molecular formula is C9H8ClN3S. The lowest BCUT2D eigenvalue weighted by molar-refractivity contribution is 1.39. The Morgan fingerprint density at radius 2 is 2.36 bits per heavy atom. The molecule has 0 radical (unpaired) electrons. The van der Waals surface area contributed by atoms with E-state index in [1.165, 1.54) is 11.8 Å². The van der Waals surface area contributed by atoms with Crippen LogP contribution in [0.4, 0.5) is 0 Å². The summed E-state index contributed by atoms with van der Waals surface area (Å²) >= 11 is 7.12. The highest BCUT2D eigenvalue weighted by atomic mass is 35.5. The molecule has 14 heavy (non-hydrogen) atoms. The molecule has 0 aliphatic carbocycles. The van der Waals surface area contributed by atoms with E-state index in [0.717, 1.165) is 5.56 Å². The van der Waals surface area contributed by atoms with E-state index in [1.54, 1.807) is 18.2 Å². The second-order valence-corrected chi connectivity index (χ2v) is 4.00. The molecule has 0 spiro atoms. The van der Waals surface area contributed by atoms with Crippen LogP contribution in [0, 0.1) is 16.7 Å². The Bertz CT molecular complexity index is 398. The van der Waals surface area contributed by atoms with Crippen LogP contribution in [0.1, 0.15) is 11.1 Å². The number of nitrogens with zero attached hydrogens (tertiary/aromatic N) is 1. The number of thioether (sulfide) groups is 1. The van der Waals surface area contributed by atoms with Gasteiger partial charge in [0.15, 0.2) is 5.17 Å². The highest BCUT2D eigenvalue weighted by Gasteiger charge is 2.02. The minimum absolute atomic E-state index is 0.0606. The van der Waals surface area contributed by atoms with Crippen LogP contribution >= 0.6 is 23.4 Å². The summed E-state index contributed by atoms with van der Waals surface area (Å²) in [6.07, 6.45) is 0. The minimum atomic E-state index is 0.0606. The summed E-state index contributed by atoms with van der Waals surface area (Å²) in [7, 11) is 0. The molecule has 1 aromatic rings. The summed E-state index contributed by atoms with van der Waals surface area (Å²) in [4.78, 5) is 0. The zero-order chi connectivity index (χ0) is 10.6. The maximum atomic E-state index is 8.60. The number of nitriles is 1. The van der Waals surface area contributed by atoms with E-state index >= 15 is 0 Å². The van der Waals surface area contributed by atoms with Crippen molar-refractivity contribution in [2.75, 3.05) is 0 Å². The fourth-order valence-electron chi connectivity index (χ4n) is 0.889. The summed E-state index contributed by atoms with van der Waals surface area (Å²) in [5.41, 5.74) is 6.61. The molecule has 0 aliphatic heterocycles. The Balaban J connectivity index is 2.80. The summed E-state index contributed by atoms with van der Waals surface area (Å²) in [6.45, 7) is 0. The van der Waals surface area contributed by atoms with E-state index in [0.29, 0.717) is 16.3 Å². The first kappa shape index (κ1) is 10.9. The van der Waals surface area contributed by atoms with Crippen LogP contribution in [-0.4, -0.2) is 5.17 Å². The second kappa shape index (κ2) is 4.89. The van der Waals surface area contributed by atoms with Crippen LogP contribution in [0.25, 0.3) is 0 Å². The van der Waals surface area contributed by atoms with Crippen LogP contribution in [-0.2, 0) is 5.75 Å². The largest absolute Gasteiger partial charge is 0.379 e. The lowest BCUT2D eigenvalue weighted by Crippen LogP contribution is -2.03. The molecule has 0 atom stereocenters. The van der Waals surface area contributed by atoms with Crippen molar-refractivity contribution in [2.24, 2.45) is 5.73 Å². The summed E-state index contributed by atoms with van der Waals surface area (Å²) in [5, 5.41) is 16.2. The Hall–Kier alpha value is -1.18. The topological polar surface area (TPSA) is 73.7 Å². The third-order valence-electron chi connectivity index (χ3n) is 1.57. The Morgan fingerprint density at radius 1 is 1.64 bits per heavy atom. The summed E-state index contributed by atoms with van der Waals surface area (Å²) in [6, 6.07) is 7.08. The standard InChI is InChI=1S/C9H8ClN3S/c10-8-3-6(4-11)1-2-7(8)5-14-9(12)13/h1-3H,5H2,(H3,12,13). The van der Waals surface area contributed by atoms with Gasteiger partial charge in [0.2, 0.25) is 0 Å². The Kier molecular flexibility index (Phi) is 3.81. The van der Waals surface area contributed by atoms with Gasteiger partial charge in [0.1, 0.15) is 0 Å². The second-order valence-electron chi connectivity index (χ2n) is 2.57. The third kappa shape index (κ3) is 2.95. The van der Waals surface area contributed by atoms with Crippen molar-refractivity contribution in [2.45, 2.75) is 5.75 Å². The molecule has 0 bridgehead atoms. The Labute approximate surface area is 91.4 Å². The Morgan fingerprint density at radius 3 is 2.86 bits per heavy atom. The van der Waals surface area contributed by atoms with Gasteiger partial charge in [-0.25, -0.2) is 0 Å². The number of benzene rings is 1. The van der Waals surface area contributed by atoms with E-state index in [-0.39, 0.29) is 5.17 Å². The first-order valence-corrected chi connectivity index (χ1v) is 5.15. The first-order valence-electron chi connectivity index (χ1n) is 3.79. The molecule has 0 aromatic heterocycles. The summed E-state index contributed by atoms with van der Waals surface area (Å²) < 4.78 is 0. The molecule has 1 rings (SSSR count). The molecule has 3 nitrogen and oxygen atoms in total. The first-order chi connectivity index (χ1) is 6.63. The van der Waals surface area contributed by atoms with Crippen molar-refractivity contribution in [3.8, 4) is 6.07 Å². The van der Waals surface area contributed by atoms with Crippen molar-refractivity contribution < 1.29 is 0 Å². The van der Waals surface area contributed by atoms with Gasteiger partial charge in [-0.3, -0.25) is 5.41 Å². The van der Waals surface area contributed by atoms with Gasteiger partial charge in [0.25, 0.3) is 0 Å². The fourth-order valence-corrected chi connectivity index (χ4v) is 1.78. The van der Waals surface area contributed by atoms with Crippen LogP contribution in [0.5, 0.6) is 0 Å². The quantitative estimate of drug-likeness (QED) is 0.599. The number of hydrogen-bond acceptors (Lipinski definition) is 3. The zero-order valence-corrected chi connectivity index (χ0v) is 8.82. The van der Waals surface area contributed by atoms with E-state index in [1.807, 2.05) is 6.07 Å². The molecule has 1 aromatic carbocycles. The molecule has 0 saturated carbocycles. The number of halogens is 1. The number of amidine groups is 1. The predicted octanol–water partition coefficient (Wildman–Crippen LogP) is 2.34. The van der Waals surface area contributed by atoms with Crippen molar-refractivity contribution in [3.63, 3.8) is 0 Å². The molecule has 0 saturated heterocycles. The van der Waals surface area contributed by atoms with Crippen LogP contribution < -0.4 is 5.73 Å².